The van der Waals surface area contributed by atoms with E-state index in [1.165, 1.54) is 71.0 Å². The minimum Gasteiger partial charge on any atom is -0.314 e. The summed E-state index contributed by atoms with van der Waals surface area (Å²) in [4.78, 5) is 2.82. The van der Waals surface area contributed by atoms with Gasteiger partial charge in [0.05, 0.1) is 0 Å². The van der Waals surface area contributed by atoms with E-state index in [0.29, 0.717) is 0 Å². The Morgan fingerprint density at radius 1 is 1.00 bits per heavy atom. The first kappa shape index (κ1) is 12.9. The van der Waals surface area contributed by atoms with E-state index in [-0.39, 0.29) is 0 Å². The van der Waals surface area contributed by atoms with Crippen molar-refractivity contribution in [3.63, 3.8) is 0 Å². The van der Waals surface area contributed by atoms with Gasteiger partial charge < -0.3 is 10.2 Å². The minimum atomic E-state index is 0.887. The highest BCUT2D eigenvalue weighted by molar-refractivity contribution is 4.87. The summed E-state index contributed by atoms with van der Waals surface area (Å²) in [6.07, 6.45) is 11.6. The molecule has 3 atom stereocenters. The number of rotatable bonds is 4. The number of hydrogen-bond acceptors (Lipinski definition) is 2. The molecular formula is C16H30N2. The molecule has 2 heteroatoms. The molecule has 2 aliphatic carbocycles. The van der Waals surface area contributed by atoms with Crippen LogP contribution in [0.4, 0.5) is 0 Å². The third-order valence-electron chi connectivity index (χ3n) is 5.33. The van der Waals surface area contributed by atoms with Crippen LogP contribution < -0.4 is 5.32 Å². The van der Waals surface area contributed by atoms with Gasteiger partial charge in [-0.15, -0.1) is 0 Å². The summed E-state index contributed by atoms with van der Waals surface area (Å²) in [5.74, 6) is 1.91. The summed E-state index contributed by atoms with van der Waals surface area (Å²) in [6, 6.07) is 1.80. The smallest absolute Gasteiger partial charge is 0.00954 e. The molecule has 3 fully saturated rings. The van der Waals surface area contributed by atoms with Gasteiger partial charge in [0.1, 0.15) is 0 Å². The Kier molecular flexibility index (Phi) is 4.25. The van der Waals surface area contributed by atoms with Crippen LogP contribution in [-0.4, -0.2) is 36.6 Å². The van der Waals surface area contributed by atoms with Gasteiger partial charge in [0.2, 0.25) is 0 Å². The lowest BCUT2D eigenvalue weighted by Gasteiger charge is -2.27. The van der Waals surface area contributed by atoms with Crippen molar-refractivity contribution < 1.29 is 0 Å². The third-order valence-corrected chi connectivity index (χ3v) is 5.33. The monoisotopic (exact) mass is 250 g/mol. The summed E-state index contributed by atoms with van der Waals surface area (Å²) in [5, 5.41) is 3.71. The van der Waals surface area contributed by atoms with E-state index >= 15 is 0 Å². The normalized spacial score (nSPS) is 38.8. The fourth-order valence-electron chi connectivity index (χ4n) is 3.81. The van der Waals surface area contributed by atoms with Crippen LogP contribution >= 0.6 is 0 Å². The van der Waals surface area contributed by atoms with Gasteiger partial charge in [-0.1, -0.05) is 19.8 Å². The van der Waals surface area contributed by atoms with E-state index in [1.807, 2.05) is 0 Å². The Morgan fingerprint density at radius 2 is 1.89 bits per heavy atom. The van der Waals surface area contributed by atoms with E-state index in [9.17, 15) is 0 Å². The van der Waals surface area contributed by atoms with Crippen LogP contribution in [0.1, 0.15) is 58.3 Å². The van der Waals surface area contributed by atoms with Gasteiger partial charge in [-0.05, 0) is 63.5 Å². The Hall–Kier alpha value is -0.0800. The van der Waals surface area contributed by atoms with Gasteiger partial charge in [-0.2, -0.15) is 0 Å². The second kappa shape index (κ2) is 5.92. The fourth-order valence-corrected chi connectivity index (χ4v) is 3.81. The topological polar surface area (TPSA) is 15.3 Å². The summed E-state index contributed by atoms with van der Waals surface area (Å²) >= 11 is 0. The molecule has 1 saturated heterocycles. The zero-order valence-corrected chi connectivity index (χ0v) is 12.0. The molecule has 3 unspecified atom stereocenters. The molecule has 18 heavy (non-hydrogen) atoms. The van der Waals surface area contributed by atoms with Crippen molar-refractivity contribution in [2.45, 2.75) is 70.4 Å². The summed E-state index contributed by atoms with van der Waals surface area (Å²) in [6.45, 7) is 6.47. The van der Waals surface area contributed by atoms with Crippen molar-refractivity contribution in [2.24, 2.45) is 11.8 Å². The lowest BCUT2D eigenvalue weighted by atomic mass is 10.0. The van der Waals surface area contributed by atoms with E-state index < -0.39 is 0 Å². The van der Waals surface area contributed by atoms with Crippen molar-refractivity contribution in [1.82, 2.24) is 10.2 Å². The highest BCUT2D eigenvalue weighted by atomic mass is 15.2. The zero-order valence-electron chi connectivity index (χ0n) is 12.0. The molecule has 0 bridgehead atoms. The van der Waals surface area contributed by atoms with Crippen molar-refractivity contribution in [3.05, 3.63) is 0 Å². The lowest BCUT2D eigenvalue weighted by molar-refractivity contribution is 0.211. The average molecular weight is 250 g/mol. The van der Waals surface area contributed by atoms with Crippen LogP contribution in [0.3, 0.4) is 0 Å². The fraction of sp³-hybridized carbons (Fsp3) is 1.00. The Balaban J connectivity index is 1.42. The summed E-state index contributed by atoms with van der Waals surface area (Å²) < 4.78 is 0. The van der Waals surface area contributed by atoms with Crippen molar-refractivity contribution >= 4 is 0 Å². The molecule has 0 amide bonds. The maximum atomic E-state index is 3.71. The highest BCUT2D eigenvalue weighted by Gasteiger charge is 2.30. The Labute approximate surface area is 113 Å². The van der Waals surface area contributed by atoms with Crippen molar-refractivity contribution in [2.75, 3.05) is 19.6 Å². The SMILES string of the molecule is CC1CCCC(N2CCC(CNC3CC3)C2)CC1. The molecule has 1 aliphatic heterocycles. The number of likely N-dealkylation sites (tertiary alicyclic amines) is 1. The molecule has 0 aromatic carbocycles. The predicted octanol–water partition coefficient (Wildman–Crippen LogP) is 3.03. The van der Waals surface area contributed by atoms with Gasteiger partial charge in [-0.25, -0.2) is 0 Å². The van der Waals surface area contributed by atoms with Crippen LogP contribution in [0.25, 0.3) is 0 Å². The van der Waals surface area contributed by atoms with Crippen LogP contribution in [0.5, 0.6) is 0 Å². The van der Waals surface area contributed by atoms with E-state index in [4.69, 9.17) is 0 Å². The standard InChI is InChI=1S/C16H30N2/c1-13-3-2-4-16(8-5-13)18-10-9-14(12-18)11-17-15-6-7-15/h13-17H,2-12H2,1H3. The number of nitrogens with one attached hydrogen (secondary N) is 1. The number of nitrogens with zero attached hydrogens (tertiary/aromatic N) is 1. The summed E-state index contributed by atoms with van der Waals surface area (Å²) in [7, 11) is 0. The average Bonchev–Trinajstić information content (AvgIpc) is 3.12. The van der Waals surface area contributed by atoms with E-state index in [0.717, 1.165) is 23.9 Å². The van der Waals surface area contributed by atoms with Gasteiger partial charge >= 0.3 is 0 Å². The lowest BCUT2D eigenvalue weighted by Crippen LogP contribution is -2.34. The van der Waals surface area contributed by atoms with Gasteiger partial charge in [0, 0.05) is 18.6 Å². The van der Waals surface area contributed by atoms with E-state index in [2.05, 4.69) is 17.1 Å². The molecule has 0 aromatic heterocycles. The first-order valence-corrected chi connectivity index (χ1v) is 8.28. The molecule has 0 spiro atoms. The molecule has 2 nitrogen and oxygen atoms in total. The molecule has 1 heterocycles. The molecule has 2 saturated carbocycles. The molecule has 104 valence electrons. The molecule has 1 N–H and O–H groups in total. The zero-order chi connectivity index (χ0) is 12.4. The quantitative estimate of drug-likeness (QED) is 0.772. The maximum absolute atomic E-state index is 3.71. The highest BCUT2D eigenvalue weighted by Crippen LogP contribution is 2.29. The second-order valence-electron chi connectivity index (χ2n) is 7.10. The Morgan fingerprint density at radius 3 is 2.72 bits per heavy atom. The second-order valence-corrected chi connectivity index (χ2v) is 7.10. The minimum absolute atomic E-state index is 0.887. The van der Waals surface area contributed by atoms with E-state index in [1.54, 1.807) is 0 Å². The molecule has 3 rings (SSSR count). The molecule has 3 aliphatic rings. The summed E-state index contributed by atoms with van der Waals surface area (Å²) in [5.41, 5.74) is 0. The first-order valence-electron chi connectivity index (χ1n) is 8.28. The van der Waals surface area contributed by atoms with Crippen molar-refractivity contribution in [3.8, 4) is 0 Å². The van der Waals surface area contributed by atoms with Crippen molar-refractivity contribution in [1.29, 1.82) is 0 Å². The van der Waals surface area contributed by atoms with Crippen LogP contribution in [0, 0.1) is 11.8 Å². The Bertz CT molecular complexity index is 262. The first-order chi connectivity index (χ1) is 8.81. The van der Waals surface area contributed by atoms with Gasteiger partial charge in [0.25, 0.3) is 0 Å². The van der Waals surface area contributed by atoms with Crippen LogP contribution in [-0.2, 0) is 0 Å². The maximum Gasteiger partial charge on any atom is 0.00954 e. The third kappa shape index (κ3) is 3.48. The predicted molar refractivity (Wildman–Crippen MR) is 76.7 cm³/mol. The van der Waals surface area contributed by atoms with Gasteiger partial charge in [-0.3, -0.25) is 0 Å². The molecule has 0 aromatic rings. The van der Waals surface area contributed by atoms with Crippen LogP contribution in [0.2, 0.25) is 0 Å². The molecular weight excluding hydrogens is 220 g/mol. The van der Waals surface area contributed by atoms with Crippen LogP contribution in [0.15, 0.2) is 0 Å². The van der Waals surface area contributed by atoms with Gasteiger partial charge in [0.15, 0.2) is 0 Å². The largest absolute Gasteiger partial charge is 0.314 e. The molecule has 0 radical (unpaired) electrons. The number of hydrogen-bond donors (Lipinski definition) is 1.